The molecule has 0 aliphatic rings. The van der Waals surface area contributed by atoms with E-state index in [4.69, 9.17) is 23.2 Å². The highest BCUT2D eigenvalue weighted by atomic mass is 35.5. The lowest BCUT2D eigenvalue weighted by Gasteiger charge is -2.29. The molecule has 0 bridgehead atoms. The SMILES string of the molecule is CCCC(CCl)(CCl)CCc1cnn(C)c1. The topological polar surface area (TPSA) is 17.8 Å². The molecule has 0 atom stereocenters. The molecule has 0 aromatic carbocycles. The van der Waals surface area contributed by atoms with Gasteiger partial charge in [0.05, 0.1) is 6.20 Å². The second-order valence-corrected chi connectivity index (χ2v) is 5.07. The third-order valence-electron chi connectivity index (χ3n) is 3.05. The summed E-state index contributed by atoms with van der Waals surface area (Å²) < 4.78 is 1.83. The van der Waals surface area contributed by atoms with Crippen molar-refractivity contribution >= 4 is 23.2 Å². The highest BCUT2D eigenvalue weighted by Crippen LogP contribution is 2.32. The fraction of sp³-hybridized carbons (Fsp3) is 0.750. The molecule has 0 aliphatic carbocycles. The Morgan fingerprint density at radius 2 is 2.00 bits per heavy atom. The van der Waals surface area contributed by atoms with E-state index in [-0.39, 0.29) is 5.41 Å². The minimum atomic E-state index is 0.0910. The van der Waals surface area contributed by atoms with Crippen LogP contribution in [0.25, 0.3) is 0 Å². The van der Waals surface area contributed by atoms with Gasteiger partial charge in [-0.05, 0) is 30.2 Å². The highest BCUT2D eigenvalue weighted by molar-refractivity contribution is 6.21. The minimum absolute atomic E-state index is 0.0910. The number of aromatic nitrogens is 2. The van der Waals surface area contributed by atoms with Gasteiger partial charge in [-0.2, -0.15) is 5.10 Å². The van der Waals surface area contributed by atoms with Crippen LogP contribution in [0.2, 0.25) is 0 Å². The number of hydrogen-bond donors (Lipinski definition) is 0. The van der Waals surface area contributed by atoms with Crippen LogP contribution in [0, 0.1) is 5.41 Å². The number of aryl methyl sites for hydroxylation is 2. The maximum Gasteiger partial charge on any atom is 0.0521 e. The summed E-state index contributed by atoms with van der Waals surface area (Å²) in [5.41, 5.74) is 1.35. The standard InChI is InChI=1S/C12H20Cl2N2/c1-3-5-12(9-13,10-14)6-4-11-7-15-16(2)8-11/h7-8H,3-6,9-10H2,1-2H3. The summed E-state index contributed by atoms with van der Waals surface area (Å²) in [4.78, 5) is 0. The van der Waals surface area contributed by atoms with Crippen molar-refractivity contribution in [2.75, 3.05) is 11.8 Å². The Bertz CT molecular complexity index is 306. The van der Waals surface area contributed by atoms with Crippen LogP contribution in [-0.4, -0.2) is 21.5 Å². The first-order valence-electron chi connectivity index (χ1n) is 5.75. The fourth-order valence-electron chi connectivity index (χ4n) is 1.97. The lowest BCUT2D eigenvalue weighted by atomic mass is 9.82. The van der Waals surface area contributed by atoms with Crippen molar-refractivity contribution in [3.8, 4) is 0 Å². The molecule has 0 spiro atoms. The molecule has 1 aromatic rings. The summed E-state index contributed by atoms with van der Waals surface area (Å²) in [6.45, 7) is 2.18. The molecule has 0 amide bonds. The second kappa shape index (κ2) is 6.51. The molecule has 0 unspecified atom stereocenters. The molecular formula is C12H20Cl2N2. The van der Waals surface area contributed by atoms with Crippen molar-refractivity contribution in [1.29, 1.82) is 0 Å². The zero-order valence-corrected chi connectivity index (χ0v) is 11.6. The zero-order chi connectivity index (χ0) is 12.0. The van der Waals surface area contributed by atoms with Crippen LogP contribution >= 0.6 is 23.2 Å². The van der Waals surface area contributed by atoms with Gasteiger partial charge >= 0.3 is 0 Å². The number of rotatable bonds is 7. The van der Waals surface area contributed by atoms with E-state index in [1.807, 2.05) is 17.9 Å². The van der Waals surface area contributed by atoms with Gasteiger partial charge < -0.3 is 0 Å². The fourth-order valence-corrected chi connectivity index (χ4v) is 2.79. The summed E-state index contributed by atoms with van der Waals surface area (Å²) in [5, 5.41) is 4.17. The van der Waals surface area contributed by atoms with Crippen LogP contribution in [0.1, 0.15) is 31.7 Å². The smallest absolute Gasteiger partial charge is 0.0521 e. The second-order valence-electron chi connectivity index (χ2n) is 4.54. The van der Waals surface area contributed by atoms with Crippen LogP contribution < -0.4 is 0 Å². The van der Waals surface area contributed by atoms with Gasteiger partial charge in [-0.3, -0.25) is 4.68 Å². The Labute approximate surface area is 108 Å². The van der Waals surface area contributed by atoms with E-state index in [2.05, 4.69) is 18.2 Å². The van der Waals surface area contributed by atoms with Gasteiger partial charge in [0.15, 0.2) is 0 Å². The average Bonchev–Trinajstić information content (AvgIpc) is 2.71. The molecule has 0 fully saturated rings. The summed E-state index contributed by atoms with van der Waals surface area (Å²) >= 11 is 12.1. The van der Waals surface area contributed by atoms with Crippen molar-refractivity contribution in [2.24, 2.45) is 12.5 Å². The van der Waals surface area contributed by atoms with E-state index < -0.39 is 0 Å². The molecular weight excluding hydrogens is 243 g/mol. The van der Waals surface area contributed by atoms with Gasteiger partial charge in [-0.15, -0.1) is 23.2 Å². The van der Waals surface area contributed by atoms with Gasteiger partial charge in [-0.25, -0.2) is 0 Å². The molecule has 0 saturated heterocycles. The van der Waals surface area contributed by atoms with Crippen LogP contribution in [0.4, 0.5) is 0 Å². The molecule has 1 aromatic heterocycles. The maximum absolute atomic E-state index is 6.07. The van der Waals surface area contributed by atoms with Gasteiger partial charge in [-0.1, -0.05) is 13.3 Å². The first kappa shape index (κ1) is 13.9. The van der Waals surface area contributed by atoms with Crippen molar-refractivity contribution in [1.82, 2.24) is 9.78 Å². The van der Waals surface area contributed by atoms with Crippen LogP contribution in [0.5, 0.6) is 0 Å². The van der Waals surface area contributed by atoms with Crippen molar-refractivity contribution in [2.45, 2.75) is 32.6 Å². The monoisotopic (exact) mass is 262 g/mol. The van der Waals surface area contributed by atoms with Crippen LogP contribution in [-0.2, 0) is 13.5 Å². The lowest BCUT2D eigenvalue weighted by Crippen LogP contribution is -2.25. The molecule has 92 valence electrons. The molecule has 2 nitrogen and oxygen atoms in total. The Morgan fingerprint density at radius 3 is 2.44 bits per heavy atom. The molecule has 0 N–H and O–H groups in total. The van der Waals surface area contributed by atoms with Crippen molar-refractivity contribution in [3.05, 3.63) is 18.0 Å². The van der Waals surface area contributed by atoms with E-state index in [1.165, 1.54) is 5.56 Å². The van der Waals surface area contributed by atoms with E-state index in [0.717, 1.165) is 25.7 Å². The van der Waals surface area contributed by atoms with Crippen LogP contribution in [0.15, 0.2) is 12.4 Å². The first-order valence-corrected chi connectivity index (χ1v) is 6.82. The summed E-state index contributed by atoms with van der Waals surface area (Å²) in [7, 11) is 1.94. The maximum atomic E-state index is 6.07. The number of alkyl halides is 2. The Hall–Kier alpha value is -0.210. The minimum Gasteiger partial charge on any atom is -0.276 e. The summed E-state index contributed by atoms with van der Waals surface area (Å²) in [6, 6.07) is 0. The van der Waals surface area contributed by atoms with Gasteiger partial charge in [0, 0.05) is 25.0 Å². The van der Waals surface area contributed by atoms with Crippen molar-refractivity contribution < 1.29 is 0 Å². The summed E-state index contributed by atoms with van der Waals surface area (Å²) in [6.07, 6.45) is 8.25. The summed E-state index contributed by atoms with van der Waals surface area (Å²) in [5.74, 6) is 1.29. The largest absolute Gasteiger partial charge is 0.276 e. The van der Waals surface area contributed by atoms with E-state index in [0.29, 0.717) is 11.8 Å². The predicted octanol–water partition coefficient (Wildman–Crippen LogP) is 3.62. The normalized spacial score (nSPS) is 12.0. The number of nitrogens with zero attached hydrogens (tertiary/aromatic N) is 2. The van der Waals surface area contributed by atoms with Crippen LogP contribution in [0.3, 0.4) is 0 Å². The van der Waals surface area contributed by atoms with Gasteiger partial charge in [0.2, 0.25) is 0 Å². The molecule has 1 heterocycles. The third-order valence-corrected chi connectivity index (χ3v) is 4.18. The average molecular weight is 263 g/mol. The number of halogens is 2. The molecule has 0 saturated carbocycles. The van der Waals surface area contributed by atoms with E-state index in [9.17, 15) is 0 Å². The van der Waals surface area contributed by atoms with Gasteiger partial charge in [0.1, 0.15) is 0 Å². The van der Waals surface area contributed by atoms with Crippen molar-refractivity contribution in [3.63, 3.8) is 0 Å². The Kier molecular flexibility index (Phi) is 5.63. The molecule has 16 heavy (non-hydrogen) atoms. The molecule has 0 radical (unpaired) electrons. The van der Waals surface area contributed by atoms with Gasteiger partial charge in [0.25, 0.3) is 0 Å². The highest BCUT2D eigenvalue weighted by Gasteiger charge is 2.27. The number of hydrogen-bond acceptors (Lipinski definition) is 1. The molecule has 1 rings (SSSR count). The predicted molar refractivity (Wildman–Crippen MR) is 70.3 cm³/mol. The third kappa shape index (κ3) is 3.67. The zero-order valence-electron chi connectivity index (χ0n) is 10.0. The Morgan fingerprint density at radius 1 is 1.31 bits per heavy atom. The van der Waals surface area contributed by atoms with E-state index in [1.54, 1.807) is 0 Å². The molecule has 0 aliphatic heterocycles. The Balaban J connectivity index is 2.55. The first-order chi connectivity index (χ1) is 7.65. The molecule has 4 heteroatoms. The van der Waals surface area contributed by atoms with E-state index >= 15 is 0 Å². The quantitative estimate of drug-likeness (QED) is 0.687. The lowest BCUT2D eigenvalue weighted by molar-refractivity contribution is 0.316.